The lowest BCUT2D eigenvalue weighted by Crippen LogP contribution is -2.10. The van der Waals surface area contributed by atoms with Gasteiger partial charge in [-0.3, -0.25) is 22.6 Å². The molecule has 2 aromatic rings. The molecule has 0 amide bonds. The van der Waals surface area contributed by atoms with Crippen molar-refractivity contribution in [1.82, 2.24) is 0 Å². The van der Waals surface area contributed by atoms with Crippen LogP contribution in [0.15, 0.2) is 74.7 Å². The van der Waals surface area contributed by atoms with E-state index in [0.29, 0.717) is 30.9 Å². The Morgan fingerprint density at radius 1 is 0.574 bits per heavy atom. The number of benzene rings is 2. The minimum atomic E-state index is -3.99. The quantitative estimate of drug-likeness (QED) is 0.0352. The molecule has 0 saturated carbocycles. The molecule has 3 rings (SSSR count). The zero-order valence-corrected chi connectivity index (χ0v) is 27.9. The van der Waals surface area contributed by atoms with Gasteiger partial charge in [0.2, 0.25) is 0 Å². The van der Waals surface area contributed by atoms with Crippen molar-refractivity contribution in [2.45, 2.75) is 12.8 Å². The zero-order valence-electron chi connectivity index (χ0n) is 25.2. The van der Waals surface area contributed by atoms with Crippen molar-refractivity contribution in [3.05, 3.63) is 61.2 Å². The minimum Gasteiger partial charge on any atom is -0.494 e. The molecule has 0 spiro atoms. The van der Waals surface area contributed by atoms with Gasteiger partial charge in [-0.2, -0.15) is 0 Å². The van der Waals surface area contributed by atoms with Crippen molar-refractivity contribution in [2.75, 3.05) is 60.4 Å². The van der Waals surface area contributed by atoms with Gasteiger partial charge < -0.3 is 44.3 Å². The maximum atomic E-state index is 11.1. The summed E-state index contributed by atoms with van der Waals surface area (Å²) in [6.45, 7) is -0.806. The Hall–Kier alpha value is -2.50. The summed E-state index contributed by atoms with van der Waals surface area (Å²) < 4.78 is 60.5. The third kappa shape index (κ3) is 12.2. The summed E-state index contributed by atoms with van der Waals surface area (Å²) >= 11 is 0. The summed E-state index contributed by atoms with van der Waals surface area (Å²) in [5.74, 6) is 0.779. The van der Waals surface area contributed by atoms with Gasteiger partial charge in [0, 0.05) is 6.08 Å². The predicted molar refractivity (Wildman–Crippen MR) is 168 cm³/mol. The SMILES string of the molecule is C=CC(=O)OCCOc1ccc(-c2ccc(OCCCCOP3(OCO)=NP(OCO)(OCO)=NP(OCO)(OCO)=N3)cc2)cc1. The third-order valence-electron chi connectivity index (χ3n) is 5.68. The van der Waals surface area contributed by atoms with Crippen molar-refractivity contribution in [1.29, 1.82) is 0 Å². The highest BCUT2D eigenvalue weighted by molar-refractivity contribution is 7.78. The van der Waals surface area contributed by atoms with Crippen LogP contribution in [0.2, 0.25) is 0 Å². The van der Waals surface area contributed by atoms with Crippen LogP contribution in [0.1, 0.15) is 12.8 Å². The Morgan fingerprint density at radius 2 is 0.957 bits per heavy atom. The standard InChI is InChI=1S/C26H38N3O15P3/c1-2-26(35)38-16-15-37-25-11-7-23(8-12-25)22-5-9-24(10-6-22)36-13-3-4-14-39-45(40-17-30)27-46(41-18-31,42-19-32)29-47(28-45,43-20-33)44-21-34/h2,5-12,30-34H,1,3-4,13-21H2. The average molecular weight is 726 g/mol. The van der Waals surface area contributed by atoms with Crippen molar-refractivity contribution in [2.24, 2.45) is 13.5 Å². The molecule has 0 saturated heterocycles. The van der Waals surface area contributed by atoms with Gasteiger partial charge in [-0.1, -0.05) is 30.8 Å². The predicted octanol–water partition coefficient (Wildman–Crippen LogP) is 4.32. The Balaban J connectivity index is 1.56. The highest BCUT2D eigenvalue weighted by Gasteiger charge is 2.43. The maximum absolute atomic E-state index is 11.1. The van der Waals surface area contributed by atoms with Gasteiger partial charge >= 0.3 is 28.9 Å². The maximum Gasteiger partial charge on any atom is 0.353 e. The van der Waals surface area contributed by atoms with Crippen molar-refractivity contribution in [3.8, 4) is 22.6 Å². The van der Waals surface area contributed by atoms with E-state index < -0.39 is 62.9 Å². The van der Waals surface area contributed by atoms with Crippen LogP contribution < -0.4 is 9.47 Å². The van der Waals surface area contributed by atoms with Crippen LogP contribution in [0.25, 0.3) is 11.1 Å². The Morgan fingerprint density at radius 3 is 1.36 bits per heavy atom. The fourth-order valence-corrected chi connectivity index (χ4v) is 12.4. The van der Waals surface area contributed by atoms with Crippen LogP contribution >= 0.6 is 23.0 Å². The average Bonchev–Trinajstić information content (AvgIpc) is 3.05. The number of ether oxygens (including phenoxy) is 3. The smallest absolute Gasteiger partial charge is 0.353 e. The van der Waals surface area contributed by atoms with Crippen molar-refractivity contribution in [3.63, 3.8) is 0 Å². The van der Waals surface area contributed by atoms with Gasteiger partial charge in [-0.25, -0.2) is 4.79 Å². The summed E-state index contributed by atoms with van der Waals surface area (Å²) in [5, 5.41) is 47.2. The number of hydrogen-bond acceptors (Lipinski definition) is 18. The largest absolute Gasteiger partial charge is 0.494 e. The molecular weight excluding hydrogens is 687 g/mol. The Kier molecular flexibility index (Phi) is 16.7. The molecule has 1 aliphatic heterocycles. The monoisotopic (exact) mass is 725 g/mol. The molecule has 5 N–H and O–H groups in total. The van der Waals surface area contributed by atoms with Crippen molar-refractivity contribution < 1.29 is 71.7 Å². The van der Waals surface area contributed by atoms with Crippen molar-refractivity contribution >= 4 is 28.9 Å². The molecule has 262 valence electrons. The van der Waals surface area contributed by atoms with Gasteiger partial charge in [-0.15, -0.1) is 13.5 Å². The lowest BCUT2D eigenvalue weighted by molar-refractivity contribution is -0.138. The number of nitrogens with zero attached hydrogens (tertiary/aromatic N) is 3. The lowest BCUT2D eigenvalue weighted by Gasteiger charge is -2.31. The number of rotatable bonds is 23. The van der Waals surface area contributed by atoms with Gasteiger partial charge in [0.05, 0.1) is 13.2 Å². The molecule has 0 aliphatic carbocycles. The molecule has 18 nitrogen and oxygen atoms in total. The van der Waals surface area contributed by atoms with E-state index in [1.54, 1.807) is 0 Å². The number of hydrogen-bond donors (Lipinski definition) is 5. The number of esters is 1. The summed E-state index contributed by atoms with van der Waals surface area (Å²) in [6, 6.07) is 15.0. The van der Waals surface area contributed by atoms with Gasteiger partial charge in [0.1, 0.15) is 24.7 Å². The molecule has 0 aromatic heterocycles. The second-order valence-corrected chi connectivity index (χ2v) is 15.3. The first-order chi connectivity index (χ1) is 22.8. The fourth-order valence-electron chi connectivity index (χ4n) is 3.71. The first-order valence-corrected chi connectivity index (χ1v) is 18.5. The van der Waals surface area contributed by atoms with E-state index in [4.69, 9.17) is 41.4 Å². The Labute approximate surface area is 271 Å². The van der Waals surface area contributed by atoms with Crippen LogP contribution in [0.3, 0.4) is 0 Å². The highest BCUT2D eigenvalue weighted by Crippen LogP contribution is 2.80. The molecule has 2 aromatic carbocycles. The van der Waals surface area contributed by atoms with Gasteiger partial charge in [0.15, 0.2) is 34.0 Å². The Bertz CT molecular complexity index is 1410. The van der Waals surface area contributed by atoms with E-state index in [0.717, 1.165) is 17.2 Å². The lowest BCUT2D eigenvalue weighted by atomic mass is 10.1. The zero-order chi connectivity index (χ0) is 34.0. The number of carbonyl (C=O) groups excluding carboxylic acids is 1. The normalized spacial score (nSPS) is 17.9. The van der Waals surface area contributed by atoms with Crippen LogP contribution in [0, 0.1) is 0 Å². The molecule has 0 radical (unpaired) electrons. The van der Waals surface area contributed by atoms with Crippen LogP contribution in [0.5, 0.6) is 11.5 Å². The molecule has 1 unspecified atom stereocenters. The van der Waals surface area contributed by atoms with Crippen LogP contribution in [-0.2, 0) is 36.7 Å². The molecule has 1 aliphatic rings. The summed E-state index contributed by atoms with van der Waals surface area (Å²) in [7, 11) is -11.9. The van der Waals surface area contributed by atoms with E-state index in [-0.39, 0.29) is 19.8 Å². The van der Waals surface area contributed by atoms with E-state index in [9.17, 15) is 30.3 Å². The number of carbonyl (C=O) groups is 1. The number of aliphatic hydroxyl groups excluding tert-OH is 5. The molecule has 0 fully saturated rings. The molecule has 47 heavy (non-hydrogen) atoms. The van der Waals surface area contributed by atoms with E-state index in [2.05, 4.69) is 20.1 Å². The number of aliphatic hydroxyl groups is 5. The van der Waals surface area contributed by atoms with E-state index in [1.807, 2.05) is 48.5 Å². The second-order valence-electron chi connectivity index (χ2n) is 8.69. The highest BCUT2D eigenvalue weighted by atomic mass is 31.3. The fraction of sp³-hybridized carbons (Fsp3) is 0.423. The van der Waals surface area contributed by atoms with Crippen LogP contribution in [0.4, 0.5) is 0 Å². The van der Waals surface area contributed by atoms with Gasteiger partial charge in [-0.05, 0) is 48.2 Å². The van der Waals surface area contributed by atoms with Gasteiger partial charge in [0.25, 0.3) is 0 Å². The topological polar surface area (TPSA) is 238 Å². The third-order valence-corrected chi connectivity index (χ3v) is 13.9. The summed E-state index contributed by atoms with van der Waals surface area (Å²) in [6.07, 6.45) is 2.01. The second kappa shape index (κ2) is 20.1. The number of unbranched alkanes of at least 4 members (excludes halogenated alkanes) is 1. The molecule has 1 atom stereocenters. The first-order valence-electron chi connectivity index (χ1n) is 13.9. The molecule has 1 heterocycles. The first kappa shape index (κ1) is 38.9. The summed E-state index contributed by atoms with van der Waals surface area (Å²) in [4.78, 5) is 11.1. The van der Waals surface area contributed by atoms with Crippen LogP contribution in [-0.4, -0.2) is 91.9 Å². The minimum absolute atomic E-state index is 0.0285. The molecular formula is C26H38N3O15P3. The van der Waals surface area contributed by atoms with E-state index >= 15 is 0 Å². The van der Waals surface area contributed by atoms with E-state index in [1.165, 1.54) is 0 Å². The molecule has 21 heteroatoms. The molecule has 0 bridgehead atoms. The summed E-state index contributed by atoms with van der Waals surface area (Å²) in [5.41, 5.74) is 1.93.